The van der Waals surface area contributed by atoms with Crippen LogP contribution in [0.4, 0.5) is 5.69 Å². The molecule has 0 spiro atoms. The third-order valence-corrected chi connectivity index (χ3v) is 3.67. The first-order valence-electron chi connectivity index (χ1n) is 6.41. The van der Waals surface area contributed by atoms with E-state index in [9.17, 15) is 15.3 Å². The van der Waals surface area contributed by atoms with Gasteiger partial charge in [-0.3, -0.25) is 0 Å². The normalized spacial score (nSPS) is 31.8. The number of hydrogen-bond acceptors (Lipinski definition) is 6. The Morgan fingerprint density at radius 1 is 1.35 bits per heavy atom. The van der Waals surface area contributed by atoms with Crippen molar-refractivity contribution >= 4 is 16.7 Å². The second kappa shape index (κ2) is 4.71. The van der Waals surface area contributed by atoms with E-state index in [2.05, 4.69) is 4.98 Å². The van der Waals surface area contributed by atoms with Crippen LogP contribution in [0.5, 0.6) is 0 Å². The van der Waals surface area contributed by atoms with Crippen LogP contribution in [0.25, 0.3) is 11.0 Å². The van der Waals surface area contributed by atoms with Crippen molar-refractivity contribution in [2.45, 2.75) is 37.6 Å². The number of nitrogens with zero attached hydrogens (tertiary/aromatic N) is 2. The van der Waals surface area contributed by atoms with E-state index < -0.39 is 30.6 Å². The molecule has 108 valence electrons. The van der Waals surface area contributed by atoms with Gasteiger partial charge in [0.25, 0.3) is 0 Å². The molecule has 5 atom stereocenters. The molecule has 5 unspecified atom stereocenters. The van der Waals surface area contributed by atoms with Crippen molar-refractivity contribution in [3.05, 3.63) is 24.5 Å². The number of aromatic nitrogens is 2. The van der Waals surface area contributed by atoms with Crippen LogP contribution in [0.3, 0.4) is 0 Å². The van der Waals surface area contributed by atoms with Gasteiger partial charge in [-0.1, -0.05) is 0 Å². The maximum absolute atomic E-state index is 10.1. The number of aliphatic hydroxyl groups is 3. The van der Waals surface area contributed by atoms with Crippen LogP contribution < -0.4 is 5.73 Å². The average Bonchev–Trinajstić information content (AvgIpc) is 2.94. The average molecular weight is 279 g/mol. The van der Waals surface area contributed by atoms with Gasteiger partial charge in [0.05, 0.1) is 6.10 Å². The van der Waals surface area contributed by atoms with Crippen LogP contribution in [0, 0.1) is 0 Å². The monoisotopic (exact) mass is 279 g/mol. The van der Waals surface area contributed by atoms with Crippen LogP contribution in [0.15, 0.2) is 24.5 Å². The predicted molar refractivity (Wildman–Crippen MR) is 71.7 cm³/mol. The Hall–Kier alpha value is -1.67. The minimum absolute atomic E-state index is 0.562. The third kappa shape index (κ3) is 1.87. The highest BCUT2D eigenvalue weighted by molar-refractivity contribution is 5.88. The number of nitrogen functional groups attached to an aromatic ring is 1. The largest absolute Gasteiger partial charge is 0.398 e. The Morgan fingerprint density at radius 2 is 2.10 bits per heavy atom. The first kappa shape index (κ1) is 13.3. The molecule has 7 heteroatoms. The highest BCUT2D eigenvalue weighted by Crippen LogP contribution is 2.34. The molecule has 0 saturated carbocycles. The maximum atomic E-state index is 10.1. The zero-order valence-electron chi connectivity index (χ0n) is 10.9. The standard InChI is InChI=1S/C13H17N3O4/c1-6(17)11-9(18)10(19)13(20-11)16-5-3-7-8(14)2-4-15-12(7)16/h2-6,9-11,13,17-19H,1H3,(H2,14,15). The van der Waals surface area contributed by atoms with Crippen molar-refractivity contribution in [2.75, 3.05) is 5.73 Å². The van der Waals surface area contributed by atoms with Gasteiger partial charge in [-0.2, -0.15) is 0 Å². The van der Waals surface area contributed by atoms with Crippen molar-refractivity contribution in [2.24, 2.45) is 0 Å². The molecule has 20 heavy (non-hydrogen) atoms. The molecule has 1 fully saturated rings. The highest BCUT2D eigenvalue weighted by atomic mass is 16.6. The molecule has 2 aromatic rings. The van der Waals surface area contributed by atoms with E-state index in [1.165, 1.54) is 6.92 Å². The van der Waals surface area contributed by atoms with Gasteiger partial charge in [0.1, 0.15) is 24.0 Å². The van der Waals surface area contributed by atoms with Gasteiger partial charge in [0, 0.05) is 23.5 Å². The third-order valence-electron chi connectivity index (χ3n) is 3.67. The number of anilines is 1. The van der Waals surface area contributed by atoms with Gasteiger partial charge < -0.3 is 30.4 Å². The summed E-state index contributed by atoms with van der Waals surface area (Å²) in [5, 5.41) is 30.4. The molecular formula is C13H17N3O4. The topological polar surface area (TPSA) is 114 Å². The molecule has 3 heterocycles. The second-order valence-electron chi connectivity index (χ2n) is 5.07. The van der Waals surface area contributed by atoms with Gasteiger partial charge in [0.2, 0.25) is 0 Å². The molecule has 0 aromatic carbocycles. The molecule has 1 aliphatic heterocycles. The van der Waals surface area contributed by atoms with Gasteiger partial charge in [-0.25, -0.2) is 4.98 Å². The van der Waals surface area contributed by atoms with E-state index >= 15 is 0 Å². The summed E-state index contributed by atoms with van der Waals surface area (Å²) in [5.74, 6) is 0. The molecule has 0 aliphatic carbocycles. The number of aliphatic hydroxyl groups excluding tert-OH is 3. The second-order valence-corrected chi connectivity index (χ2v) is 5.07. The lowest BCUT2D eigenvalue weighted by Crippen LogP contribution is -2.37. The molecule has 1 aliphatic rings. The summed E-state index contributed by atoms with van der Waals surface area (Å²) in [6.45, 7) is 1.51. The van der Waals surface area contributed by atoms with E-state index in [1.54, 1.807) is 29.1 Å². The summed E-state index contributed by atoms with van der Waals surface area (Å²) in [6.07, 6.45) is -1.57. The fraction of sp³-hybridized carbons (Fsp3) is 0.462. The van der Waals surface area contributed by atoms with Crippen molar-refractivity contribution < 1.29 is 20.1 Å². The highest BCUT2D eigenvalue weighted by Gasteiger charge is 2.45. The van der Waals surface area contributed by atoms with Crippen LogP contribution >= 0.6 is 0 Å². The van der Waals surface area contributed by atoms with E-state index in [0.29, 0.717) is 11.3 Å². The molecule has 0 radical (unpaired) electrons. The van der Waals surface area contributed by atoms with Crippen molar-refractivity contribution in [1.29, 1.82) is 0 Å². The summed E-state index contributed by atoms with van der Waals surface area (Å²) in [6, 6.07) is 3.46. The predicted octanol–water partition coefficient (Wildman–Crippen LogP) is -0.381. The Labute approximate surface area is 115 Å². The zero-order chi connectivity index (χ0) is 14.4. The van der Waals surface area contributed by atoms with Gasteiger partial charge >= 0.3 is 0 Å². The quantitative estimate of drug-likeness (QED) is 0.596. The Kier molecular flexibility index (Phi) is 3.14. The summed E-state index contributed by atoms with van der Waals surface area (Å²) in [7, 11) is 0. The van der Waals surface area contributed by atoms with Crippen LogP contribution in [-0.4, -0.2) is 49.3 Å². The first-order chi connectivity index (χ1) is 9.50. The van der Waals surface area contributed by atoms with E-state index in [4.69, 9.17) is 10.5 Å². The number of ether oxygens (including phenoxy) is 1. The molecule has 0 amide bonds. The van der Waals surface area contributed by atoms with Gasteiger partial charge in [-0.05, 0) is 19.1 Å². The molecular weight excluding hydrogens is 262 g/mol. The van der Waals surface area contributed by atoms with Crippen molar-refractivity contribution in [3.8, 4) is 0 Å². The molecule has 5 N–H and O–H groups in total. The summed E-state index contributed by atoms with van der Waals surface area (Å²) in [4.78, 5) is 4.22. The minimum Gasteiger partial charge on any atom is -0.398 e. The number of nitrogens with two attached hydrogens (primary N) is 1. The van der Waals surface area contributed by atoms with Gasteiger partial charge in [0.15, 0.2) is 6.23 Å². The van der Waals surface area contributed by atoms with Gasteiger partial charge in [-0.15, -0.1) is 0 Å². The molecule has 7 nitrogen and oxygen atoms in total. The summed E-state index contributed by atoms with van der Waals surface area (Å²) >= 11 is 0. The maximum Gasteiger partial charge on any atom is 0.164 e. The molecule has 1 saturated heterocycles. The Bertz CT molecular complexity index is 627. The lowest BCUT2D eigenvalue weighted by atomic mass is 10.1. The van der Waals surface area contributed by atoms with E-state index in [-0.39, 0.29) is 0 Å². The number of fused-ring (bicyclic) bond motifs is 1. The lowest BCUT2D eigenvalue weighted by Gasteiger charge is -2.18. The number of rotatable bonds is 2. The zero-order valence-corrected chi connectivity index (χ0v) is 10.9. The first-order valence-corrected chi connectivity index (χ1v) is 6.41. The number of hydrogen-bond donors (Lipinski definition) is 4. The summed E-state index contributed by atoms with van der Waals surface area (Å²) < 4.78 is 7.18. The number of pyridine rings is 1. The van der Waals surface area contributed by atoms with Crippen LogP contribution in [0.1, 0.15) is 13.2 Å². The van der Waals surface area contributed by atoms with Crippen LogP contribution in [0.2, 0.25) is 0 Å². The van der Waals surface area contributed by atoms with E-state index in [1.807, 2.05) is 0 Å². The van der Waals surface area contributed by atoms with Crippen molar-refractivity contribution in [3.63, 3.8) is 0 Å². The van der Waals surface area contributed by atoms with E-state index in [0.717, 1.165) is 5.39 Å². The Morgan fingerprint density at radius 3 is 2.75 bits per heavy atom. The molecule has 2 aromatic heterocycles. The minimum atomic E-state index is -1.15. The fourth-order valence-corrected chi connectivity index (χ4v) is 2.60. The van der Waals surface area contributed by atoms with Crippen molar-refractivity contribution in [1.82, 2.24) is 9.55 Å². The summed E-state index contributed by atoms with van der Waals surface area (Å²) in [5.41, 5.74) is 7.00. The SMILES string of the molecule is CC(O)C1OC(n2ccc3c(N)ccnc32)C(O)C1O. The smallest absolute Gasteiger partial charge is 0.164 e. The lowest BCUT2D eigenvalue weighted by molar-refractivity contribution is -0.0775. The van der Waals surface area contributed by atoms with Crippen LogP contribution in [-0.2, 0) is 4.74 Å². The fourth-order valence-electron chi connectivity index (χ4n) is 2.60. The molecule has 0 bridgehead atoms. The Balaban J connectivity index is 2.02. The molecule has 3 rings (SSSR count).